The molecule has 1 saturated heterocycles. The van der Waals surface area contributed by atoms with Gasteiger partial charge in [0.25, 0.3) is 0 Å². The van der Waals surface area contributed by atoms with Crippen LogP contribution in [0, 0.1) is 6.07 Å². The molecule has 2 rings (SSSR count). The molecule has 1 radical (unpaired) electrons. The number of hydrogen-bond acceptors (Lipinski definition) is 3. The van der Waals surface area contributed by atoms with E-state index in [-0.39, 0.29) is 32.7 Å². The molecule has 0 unspecified atom stereocenters. The molecule has 1 aromatic heterocycles. The van der Waals surface area contributed by atoms with Gasteiger partial charge >= 0.3 is 0 Å². The average Bonchev–Trinajstić information content (AvgIpc) is 2.21. The van der Waals surface area contributed by atoms with Gasteiger partial charge in [-0.2, -0.15) is 6.07 Å². The predicted octanol–water partition coefficient (Wildman–Crippen LogP) is 0.716. The third-order valence-corrected chi connectivity index (χ3v) is 1.94. The Kier molecular flexibility index (Phi) is 4.85. The number of hydrogen-bond donors (Lipinski definition) is 0. The van der Waals surface area contributed by atoms with Crippen LogP contribution in [0.15, 0.2) is 18.3 Å². The molecule has 0 bridgehead atoms. The molecule has 0 aromatic carbocycles. The fourth-order valence-electron chi connectivity index (χ4n) is 1.29. The van der Waals surface area contributed by atoms with E-state index in [1.165, 1.54) is 0 Å². The van der Waals surface area contributed by atoms with Crippen molar-refractivity contribution in [3.8, 4) is 0 Å². The van der Waals surface area contributed by atoms with Crippen LogP contribution in [0.25, 0.3) is 0 Å². The van der Waals surface area contributed by atoms with Crippen LogP contribution in [-0.4, -0.2) is 31.3 Å². The molecule has 1 aliphatic rings. The summed E-state index contributed by atoms with van der Waals surface area (Å²) in [6.45, 7) is 3.49. The Bertz CT molecular complexity index is 237. The summed E-state index contributed by atoms with van der Waals surface area (Å²) in [6.07, 6.45) is 1.70. The second-order valence-corrected chi connectivity index (χ2v) is 2.72. The number of rotatable bonds is 1. The van der Waals surface area contributed by atoms with Gasteiger partial charge in [0.2, 0.25) is 0 Å². The van der Waals surface area contributed by atoms with Crippen molar-refractivity contribution >= 4 is 5.82 Å². The van der Waals surface area contributed by atoms with E-state index in [2.05, 4.69) is 16.0 Å². The Hall–Kier alpha value is 0.0139. The molecule has 0 N–H and O–H groups in total. The van der Waals surface area contributed by atoms with E-state index >= 15 is 0 Å². The fraction of sp³-hybridized carbons (Fsp3) is 0.444. The van der Waals surface area contributed by atoms with Crippen LogP contribution in [0.3, 0.4) is 0 Å². The Morgan fingerprint density at radius 1 is 1.38 bits per heavy atom. The van der Waals surface area contributed by atoms with Crippen LogP contribution in [0.2, 0.25) is 0 Å². The summed E-state index contributed by atoms with van der Waals surface area (Å²) in [6, 6.07) is 6.77. The maximum atomic E-state index is 5.24. The Morgan fingerprint density at radius 3 is 2.77 bits per heavy atom. The van der Waals surface area contributed by atoms with Crippen LogP contribution >= 0.6 is 0 Å². The zero-order valence-electron chi connectivity index (χ0n) is 7.44. The molecule has 3 nitrogen and oxygen atoms in total. The van der Waals surface area contributed by atoms with Gasteiger partial charge in [0.05, 0.1) is 13.2 Å². The number of anilines is 1. The zero-order chi connectivity index (χ0) is 8.23. The molecule has 4 heteroatoms. The number of aromatic nitrogens is 1. The first-order valence-electron chi connectivity index (χ1n) is 4.11. The number of nitrogens with zero attached hydrogens (tertiary/aromatic N) is 2. The van der Waals surface area contributed by atoms with Crippen molar-refractivity contribution < 1.29 is 37.4 Å². The third kappa shape index (κ3) is 3.01. The maximum absolute atomic E-state index is 5.24. The molecule has 0 saturated carbocycles. The van der Waals surface area contributed by atoms with Crippen LogP contribution < -0.4 is 4.90 Å². The van der Waals surface area contributed by atoms with Gasteiger partial charge in [-0.05, 0) is 0 Å². The van der Waals surface area contributed by atoms with Crippen molar-refractivity contribution in [2.45, 2.75) is 0 Å². The van der Waals surface area contributed by atoms with Crippen LogP contribution in [-0.2, 0) is 37.4 Å². The Balaban J connectivity index is 0.000000845. The van der Waals surface area contributed by atoms with E-state index in [1.54, 1.807) is 6.20 Å². The minimum absolute atomic E-state index is 0. The molecule has 2 heterocycles. The molecule has 13 heavy (non-hydrogen) atoms. The second-order valence-electron chi connectivity index (χ2n) is 2.72. The maximum Gasteiger partial charge on any atom is 0.0642 e. The van der Waals surface area contributed by atoms with Crippen molar-refractivity contribution in [1.29, 1.82) is 0 Å². The monoisotopic (exact) mass is 252 g/mol. The Morgan fingerprint density at radius 2 is 2.15 bits per heavy atom. The average molecular weight is 252 g/mol. The van der Waals surface area contributed by atoms with Gasteiger partial charge in [0, 0.05) is 51.6 Å². The van der Waals surface area contributed by atoms with Crippen molar-refractivity contribution in [2.24, 2.45) is 0 Å². The molecule has 67 valence electrons. The van der Waals surface area contributed by atoms with Crippen molar-refractivity contribution in [3.05, 3.63) is 24.4 Å². The molecule has 1 aromatic rings. The molecule has 1 fully saturated rings. The summed E-state index contributed by atoms with van der Waals surface area (Å²) in [5, 5.41) is 0. The molecule has 0 spiro atoms. The number of pyridine rings is 1. The number of morpholine rings is 1. The van der Waals surface area contributed by atoms with E-state index in [9.17, 15) is 0 Å². The van der Waals surface area contributed by atoms with Gasteiger partial charge in [-0.1, -0.05) is 6.20 Å². The van der Waals surface area contributed by atoms with Gasteiger partial charge in [0.15, 0.2) is 0 Å². The number of ether oxygens (including phenoxy) is 1. The van der Waals surface area contributed by atoms with Gasteiger partial charge in [-0.25, -0.2) is 12.1 Å². The van der Waals surface area contributed by atoms with E-state index in [0.717, 1.165) is 32.1 Å². The van der Waals surface area contributed by atoms with E-state index in [0.29, 0.717) is 0 Å². The van der Waals surface area contributed by atoms with Crippen molar-refractivity contribution in [3.63, 3.8) is 0 Å². The third-order valence-electron chi connectivity index (χ3n) is 1.94. The Labute approximate surface area is 103 Å². The zero-order valence-corrected chi connectivity index (χ0v) is 10.3. The molecular formula is C9H11N2OY-. The molecular weight excluding hydrogens is 241 g/mol. The van der Waals surface area contributed by atoms with Gasteiger partial charge < -0.3 is 9.64 Å². The van der Waals surface area contributed by atoms with Crippen molar-refractivity contribution in [1.82, 2.24) is 4.98 Å². The summed E-state index contributed by atoms with van der Waals surface area (Å²) < 4.78 is 5.24. The minimum Gasteiger partial charge on any atom is -0.378 e. The van der Waals surface area contributed by atoms with Crippen LogP contribution in [0.5, 0.6) is 0 Å². The second kappa shape index (κ2) is 5.68. The first-order valence-corrected chi connectivity index (χ1v) is 4.11. The largest absolute Gasteiger partial charge is 0.378 e. The van der Waals surface area contributed by atoms with Gasteiger partial charge in [-0.15, -0.1) is 0 Å². The SMILES string of the molecule is [Y].[c-]1ccc(N2CCOCC2)nc1. The van der Waals surface area contributed by atoms with E-state index in [4.69, 9.17) is 4.74 Å². The first-order chi connectivity index (χ1) is 5.97. The van der Waals surface area contributed by atoms with Crippen LogP contribution in [0.4, 0.5) is 5.82 Å². The summed E-state index contributed by atoms with van der Waals surface area (Å²) in [4.78, 5) is 6.44. The summed E-state index contributed by atoms with van der Waals surface area (Å²) >= 11 is 0. The quantitative estimate of drug-likeness (QED) is 0.688. The van der Waals surface area contributed by atoms with Crippen LogP contribution in [0.1, 0.15) is 0 Å². The summed E-state index contributed by atoms with van der Waals surface area (Å²) in [5.74, 6) is 1.03. The smallest absolute Gasteiger partial charge is 0.0642 e. The van der Waals surface area contributed by atoms with Gasteiger partial charge in [-0.3, -0.25) is 4.98 Å². The molecule has 0 atom stereocenters. The molecule has 0 amide bonds. The molecule has 0 aliphatic carbocycles. The summed E-state index contributed by atoms with van der Waals surface area (Å²) in [7, 11) is 0. The minimum atomic E-state index is 0. The topological polar surface area (TPSA) is 25.4 Å². The fourth-order valence-corrected chi connectivity index (χ4v) is 1.29. The predicted molar refractivity (Wildman–Crippen MR) is 46.1 cm³/mol. The molecule has 1 aliphatic heterocycles. The standard InChI is InChI=1S/C9H11N2O.Y/c1-2-4-10-9(3-1)11-5-7-12-8-6-11;/h1,3-4H,5-8H2;/q-1;. The van der Waals surface area contributed by atoms with Crippen molar-refractivity contribution in [2.75, 3.05) is 31.2 Å². The van der Waals surface area contributed by atoms with E-state index in [1.807, 2.05) is 12.1 Å². The normalized spacial score (nSPS) is 16.5. The van der Waals surface area contributed by atoms with Gasteiger partial charge in [0.1, 0.15) is 0 Å². The van der Waals surface area contributed by atoms with E-state index < -0.39 is 0 Å². The first kappa shape index (κ1) is 11.1. The summed E-state index contributed by atoms with van der Waals surface area (Å²) in [5.41, 5.74) is 0.